The molecule has 0 spiro atoms. The van der Waals surface area contributed by atoms with Gasteiger partial charge in [-0.15, -0.1) is 6.58 Å². The summed E-state index contributed by atoms with van der Waals surface area (Å²) in [6.07, 6.45) is 8.52. The van der Waals surface area contributed by atoms with Crippen molar-refractivity contribution in [1.82, 2.24) is 0 Å². The average Bonchev–Trinajstić information content (AvgIpc) is 2.15. The normalized spacial score (nSPS) is 14.6. The number of aliphatic hydroxyl groups is 1. The molecule has 0 aromatic heterocycles. The largest absolute Gasteiger partial charge is 0.393 e. The molecule has 1 heteroatoms. The third kappa shape index (κ3) is 8.44. The fraction of sp³-hybridized carbons (Fsp3) is 0.714. The third-order valence-electron chi connectivity index (χ3n) is 2.84. The Bertz CT molecular complexity index is 182. The lowest BCUT2D eigenvalue weighted by Crippen LogP contribution is -2.03. The van der Waals surface area contributed by atoms with Gasteiger partial charge in [-0.05, 0) is 45.4 Å². The van der Waals surface area contributed by atoms with Crippen molar-refractivity contribution in [1.29, 1.82) is 0 Å². The van der Waals surface area contributed by atoms with Crippen LogP contribution < -0.4 is 0 Å². The van der Waals surface area contributed by atoms with E-state index in [-0.39, 0.29) is 6.10 Å². The van der Waals surface area contributed by atoms with Gasteiger partial charge in [0, 0.05) is 0 Å². The number of hydrogen-bond donors (Lipinski definition) is 1. The van der Waals surface area contributed by atoms with Gasteiger partial charge < -0.3 is 5.11 Å². The van der Waals surface area contributed by atoms with Gasteiger partial charge in [0.05, 0.1) is 6.10 Å². The molecule has 0 aromatic carbocycles. The van der Waals surface area contributed by atoms with Gasteiger partial charge in [-0.3, -0.25) is 0 Å². The highest BCUT2D eigenvalue weighted by molar-refractivity contribution is 4.96. The van der Waals surface area contributed by atoms with Gasteiger partial charge in [-0.2, -0.15) is 0 Å². The van der Waals surface area contributed by atoms with E-state index in [4.69, 9.17) is 5.11 Å². The molecule has 15 heavy (non-hydrogen) atoms. The smallest absolute Gasteiger partial charge is 0.0512 e. The van der Waals surface area contributed by atoms with Gasteiger partial charge in [0.1, 0.15) is 0 Å². The molecule has 0 aliphatic carbocycles. The van der Waals surface area contributed by atoms with Crippen molar-refractivity contribution in [3.05, 3.63) is 24.8 Å². The summed E-state index contributed by atoms with van der Waals surface area (Å²) in [6, 6.07) is 0. The highest BCUT2D eigenvalue weighted by Gasteiger charge is 2.08. The molecule has 0 aliphatic rings. The van der Waals surface area contributed by atoms with Gasteiger partial charge in [0.2, 0.25) is 0 Å². The molecular weight excluding hydrogens is 184 g/mol. The van der Waals surface area contributed by atoms with Crippen LogP contribution in [0.1, 0.15) is 52.4 Å². The maximum absolute atomic E-state index is 9.14. The summed E-state index contributed by atoms with van der Waals surface area (Å²) < 4.78 is 0. The van der Waals surface area contributed by atoms with E-state index in [9.17, 15) is 0 Å². The summed E-state index contributed by atoms with van der Waals surface area (Å²) in [5, 5.41) is 9.14. The van der Waals surface area contributed by atoms with Crippen molar-refractivity contribution in [3.8, 4) is 0 Å². The monoisotopic (exact) mass is 210 g/mol. The number of rotatable bonds is 9. The predicted octanol–water partition coefficient (Wildman–Crippen LogP) is 4.09. The molecule has 1 nitrogen and oxygen atoms in total. The Labute approximate surface area is 94.9 Å². The van der Waals surface area contributed by atoms with Crippen LogP contribution in [0.4, 0.5) is 0 Å². The van der Waals surface area contributed by atoms with E-state index in [2.05, 4.69) is 20.1 Å². The number of unbranched alkanes of at least 4 members (excludes halogenated alkanes) is 1. The zero-order chi connectivity index (χ0) is 11.7. The van der Waals surface area contributed by atoms with E-state index in [1.165, 1.54) is 24.8 Å². The first-order valence-electron chi connectivity index (χ1n) is 6.02. The standard InChI is InChI=1S/C14H26O/c1-5-6-10-14(12(2)3)11-8-7-9-13(4)15/h5,13-15H,1-2,6-11H2,3-4H3. The van der Waals surface area contributed by atoms with E-state index in [1.807, 2.05) is 13.0 Å². The number of allylic oxidation sites excluding steroid dienone is 2. The lowest BCUT2D eigenvalue weighted by Gasteiger charge is -2.16. The summed E-state index contributed by atoms with van der Waals surface area (Å²) in [6.45, 7) is 11.8. The highest BCUT2D eigenvalue weighted by Crippen LogP contribution is 2.22. The molecule has 0 amide bonds. The van der Waals surface area contributed by atoms with Crippen molar-refractivity contribution < 1.29 is 5.11 Å². The van der Waals surface area contributed by atoms with Gasteiger partial charge >= 0.3 is 0 Å². The van der Waals surface area contributed by atoms with Crippen LogP contribution >= 0.6 is 0 Å². The lowest BCUT2D eigenvalue weighted by atomic mass is 9.90. The van der Waals surface area contributed by atoms with Crippen molar-refractivity contribution >= 4 is 0 Å². The Morgan fingerprint density at radius 3 is 2.33 bits per heavy atom. The molecule has 0 saturated carbocycles. The molecule has 1 N–H and O–H groups in total. The third-order valence-corrected chi connectivity index (χ3v) is 2.84. The van der Waals surface area contributed by atoms with Crippen LogP contribution in [0.15, 0.2) is 24.8 Å². The number of aliphatic hydroxyl groups excluding tert-OH is 1. The summed E-state index contributed by atoms with van der Waals surface area (Å²) in [5.41, 5.74) is 1.29. The van der Waals surface area contributed by atoms with E-state index in [1.54, 1.807) is 0 Å². The molecule has 0 radical (unpaired) electrons. The van der Waals surface area contributed by atoms with Crippen LogP contribution in [-0.4, -0.2) is 11.2 Å². The van der Waals surface area contributed by atoms with Gasteiger partial charge in [0.25, 0.3) is 0 Å². The van der Waals surface area contributed by atoms with Gasteiger partial charge in [0.15, 0.2) is 0 Å². The fourth-order valence-corrected chi connectivity index (χ4v) is 1.79. The van der Waals surface area contributed by atoms with E-state index in [0.29, 0.717) is 5.92 Å². The molecule has 0 aliphatic heterocycles. The highest BCUT2D eigenvalue weighted by atomic mass is 16.3. The molecule has 0 heterocycles. The second-order valence-electron chi connectivity index (χ2n) is 4.54. The molecule has 88 valence electrons. The van der Waals surface area contributed by atoms with Gasteiger partial charge in [-0.1, -0.05) is 31.1 Å². The first-order chi connectivity index (χ1) is 7.07. The molecule has 0 rings (SSSR count). The van der Waals surface area contributed by atoms with Crippen molar-refractivity contribution in [2.75, 3.05) is 0 Å². The maximum atomic E-state index is 9.14. The topological polar surface area (TPSA) is 20.2 Å². The Kier molecular flexibility index (Phi) is 8.40. The summed E-state index contributed by atoms with van der Waals surface area (Å²) in [4.78, 5) is 0. The Balaban J connectivity index is 3.66. The predicted molar refractivity (Wildman–Crippen MR) is 67.9 cm³/mol. The zero-order valence-corrected chi connectivity index (χ0v) is 10.3. The first kappa shape index (κ1) is 14.4. The van der Waals surface area contributed by atoms with Crippen molar-refractivity contribution in [3.63, 3.8) is 0 Å². The quantitative estimate of drug-likeness (QED) is 0.449. The van der Waals surface area contributed by atoms with Crippen LogP contribution in [0.2, 0.25) is 0 Å². The maximum Gasteiger partial charge on any atom is 0.0512 e. The number of hydrogen-bond acceptors (Lipinski definition) is 1. The summed E-state index contributed by atoms with van der Waals surface area (Å²) in [5.74, 6) is 0.636. The minimum Gasteiger partial charge on any atom is -0.393 e. The lowest BCUT2D eigenvalue weighted by molar-refractivity contribution is 0.179. The molecule has 2 atom stereocenters. The molecule has 2 unspecified atom stereocenters. The molecule has 0 saturated heterocycles. The molecular formula is C14H26O. The first-order valence-corrected chi connectivity index (χ1v) is 6.02. The minimum atomic E-state index is -0.151. The Hall–Kier alpha value is -0.560. The molecule has 0 bridgehead atoms. The van der Waals surface area contributed by atoms with E-state index in [0.717, 1.165) is 19.3 Å². The Morgan fingerprint density at radius 2 is 1.87 bits per heavy atom. The van der Waals surface area contributed by atoms with Crippen LogP contribution in [0, 0.1) is 5.92 Å². The van der Waals surface area contributed by atoms with Crippen LogP contribution in [0.5, 0.6) is 0 Å². The van der Waals surface area contributed by atoms with Gasteiger partial charge in [-0.25, -0.2) is 0 Å². The van der Waals surface area contributed by atoms with E-state index >= 15 is 0 Å². The average molecular weight is 210 g/mol. The second kappa shape index (κ2) is 8.72. The Morgan fingerprint density at radius 1 is 1.27 bits per heavy atom. The molecule has 0 fully saturated rings. The zero-order valence-electron chi connectivity index (χ0n) is 10.3. The SMILES string of the molecule is C=CCCC(CCCCC(C)O)C(=C)C. The fourth-order valence-electron chi connectivity index (χ4n) is 1.79. The van der Waals surface area contributed by atoms with Crippen molar-refractivity contribution in [2.45, 2.75) is 58.5 Å². The molecule has 0 aromatic rings. The summed E-state index contributed by atoms with van der Waals surface area (Å²) in [7, 11) is 0. The van der Waals surface area contributed by atoms with Crippen molar-refractivity contribution in [2.24, 2.45) is 5.92 Å². The minimum absolute atomic E-state index is 0.151. The second-order valence-corrected chi connectivity index (χ2v) is 4.54. The van der Waals surface area contributed by atoms with Crippen LogP contribution in [-0.2, 0) is 0 Å². The van der Waals surface area contributed by atoms with Crippen LogP contribution in [0.3, 0.4) is 0 Å². The summed E-state index contributed by atoms with van der Waals surface area (Å²) >= 11 is 0. The van der Waals surface area contributed by atoms with Crippen LogP contribution in [0.25, 0.3) is 0 Å². The van der Waals surface area contributed by atoms with E-state index < -0.39 is 0 Å².